The highest BCUT2D eigenvalue weighted by Gasteiger charge is 2.33. The number of alkyl halides is 5. The fourth-order valence-corrected chi connectivity index (χ4v) is 1.32. The Bertz CT molecular complexity index is 397. The van der Waals surface area contributed by atoms with Gasteiger partial charge in [-0.1, -0.05) is 11.6 Å². The van der Waals surface area contributed by atoms with Crippen molar-refractivity contribution < 1.29 is 26.7 Å². The zero-order chi connectivity index (χ0) is 12.5. The van der Waals surface area contributed by atoms with Gasteiger partial charge in [0.15, 0.2) is 0 Å². The maximum atomic E-state index is 12.2. The second-order valence-electron chi connectivity index (χ2n) is 2.50. The van der Waals surface area contributed by atoms with Crippen LogP contribution < -0.4 is 4.74 Å². The molecule has 0 aliphatic carbocycles. The zero-order valence-corrected chi connectivity index (χ0v) is 9.50. The van der Waals surface area contributed by atoms with E-state index in [-0.39, 0.29) is 4.47 Å². The minimum Gasteiger partial charge on any atom is -0.386 e. The maximum Gasteiger partial charge on any atom is 0.574 e. The predicted molar refractivity (Wildman–Crippen MR) is 48.6 cm³/mol. The summed E-state index contributed by atoms with van der Waals surface area (Å²) in [5.41, 5.74) is -0.865. The summed E-state index contributed by atoms with van der Waals surface area (Å²) < 4.78 is 63.3. The van der Waals surface area contributed by atoms with Gasteiger partial charge >= 0.3 is 6.36 Å². The second kappa shape index (κ2) is 4.70. The van der Waals surface area contributed by atoms with Crippen LogP contribution in [0.3, 0.4) is 0 Å². The highest BCUT2D eigenvalue weighted by atomic mass is 79.9. The van der Waals surface area contributed by atoms with Crippen LogP contribution in [-0.2, 0) is 0 Å². The summed E-state index contributed by atoms with van der Waals surface area (Å²) in [6.45, 7) is 0. The smallest absolute Gasteiger partial charge is 0.386 e. The molecule has 0 bridgehead atoms. The molecule has 0 unspecified atom stereocenters. The fourth-order valence-electron chi connectivity index (χ4n) is 0.783. The van der Waals surface area contributed by atoms with Crippen LogP contribution in [0.25, 0.3) is 0 Å². The van der Waals surface area contributed by atoms with Crippen LogP contribution >= 0.6 is 27.5 Å². The average Bonchev–Trinajstić information content (AvgIpc) is 2.10. The Labute approximate surface area is 99.5 Å². The van der Waals surface area contributed by atoms with E-state index in [1.165, 1.54) is 0 Å². The van der Waals surface area contributed by atoms with E-state index in [4.69, 9.17) is 11.6 Å². The third-order valence-electron chi connectivity index (χ3n) is 1.34. The van der Waals surface area contributed by atoms with Crippen molar-refractivity contribution in [2.24, 2.45) is 0 Å². The van der Waals surface area contributed by atoms with E-state index in [1.807, 2.05) is 0 Å². The van der Waals surface area contributed by atoms with E-state index < -0.39 is 29.4 Å². The molecular formula is C7H2BrClF5NO. The first kappa shape index (κ1) is 13.4. The molecule has 0 fully saturated rings. The minimum atomic E-state index is -5.04. The first-order valence-corrected chi connectivity index (χ1v) is 4.77. The highest BCUT2D eigenvalue weighted by molar-refractivity contribution is 9.10. The average molecular weight is 326 g/mol. The Morgan fingerprint density at radius 2 is 1.94 bits per heavy atom. The molecule has 90 valence electrons. The molecule has 0 N–H and O–H groups in total. The number of hydrogen-bond acceptors (Lipinski definition) is 2. The van der Waals surface area contributed by atoms with Crippen molar-refractivity contribution >= 4 is 27.5 Å². The van der Waals surface area contributed by atoms with Crippen LogP contribution in [0.4, 0.5) is 22.0 Å². The lowest BCUT2D eigenvalue weighted by molar-refractivity contribution is -0.276. The van der Waals surface area contributed by atoms with Gasteiger partial charge in [0.05, 0.1) is 0 Å². The van der Waals surface area contributed by atoms with Gasteiger partial charge in [-0.2, -0.15) is 0 Å². The summed E-state index contributed by atoms with van der Waals surface area (Å²) in [7, 11) is 0. The second-order valence-corrected chi connectivity index (χ2v) is 3.73. The van der Waals surface area contributed by atoms with Crippen molar-refractivity contribution in [3.8, 4) is 5.88 Å². The molecule has 0 aliphatic heterocycles. The van der Waals surface area contributed by atoms with Gasteiger partial charge in [-0.15, -0.1) is 13.2 Å². The number of halogens is 7. The van der Waals surface area contributed by atoms with Crippen LogP contribution in [-0.4, -0.2) is 11.3 Å². The summed E-state index contributed by atoms with van der Waals surface area (Å²) in [5.74, 6) is -1.11. The molecule has 0 aliphatic rings. The van der Waals surface area contributed by atoms with E-state index in [0.29, 0.717) is 0 Å². The van der Waals surface area contributed by atoms with Crippen LogP contribution in [0.5, 0.6) is 5.88 Å². The molecule has 0 radical (unpaired) electrons. The largest absolute Gasteiger partial charge is 0.574 e. The van der Waals surface area contributed by atoms with Gasteiger partial charge in [0.25, 0.3) is 6.43 Å². The molecule has 1 aromatic rings. The highest BCUT2D eigenvalue weighted by Crippen LogP contribution is 2.36. The molecule has 0 saturated carbocycles. The molecular weight excluding hydrogens is 324 g/mol. The third kappa shape index (κ3) is 3.44. The van der Waals surface area contributed by atoms with E-state index in [9.17, 15) is 22.0 Å². The molecule has 1 heterocycles. The molecule has 0 amide bonds. The predicted octanol–water partition coefficient (Wildman–Crippen LogP) is 4.33. The fraction of sp³-hybridized carbons (Fsp3) is 0.286. The van der Waals surface area contributed by atoms with Crippen molar-refractivity contribution in [3.05, 3.63) is 21.3 Å². The van der Waals surface area contributed by atoms with Gasteiger partial charge in [0, 0.05) is 4.47 Å². The van der Waals surface area contributed by atoms with Crippen LogP contribution in [0.1, 0.15) is 12.1 Å². The molecule has 0 aromatic carbocycles. The molecule has 9 heteroatoms. The lowest BCUT2D eigenvalue weighted by Crippen LogP contribution is -2.18. The summed E-state index contributed by atoms with van der Waals surface area (Å²) >= 11 is 8.12. The topological polar surface area (TPSA) is 22.1 Å². The normalized spacial score (nSPS) is 12.0. The molecule has 0 saturated heterocycles. The van der Waals surface area contributed by atoms with Crippen molar-refractivity contribution in [3.63, 3.8) is 0 Å². The molecule has 1 rings (SSSR count). The van der Waals surface area contributed by atoms with Gasteiger partial charge in [-0.25, -0.2) is 13.8 Å². The Balaban J connectivity index is 3.17. The number of pyridine rings is 1. The number of hydrogen-bond donors (Lipinski definition) is 0. The van der Waals surface area contributed by atoms with E-state index in [1.54, 1.807) is 0 Å². The molecule has 0 atom stereocenters. The van der Waals surface area contributed by atoms with Crippen molar-refractivity contribution in [1.29, 1.82) is 0 Å². The van der Waals surface area contributed by atoms with E-state index in [0.717, 1.165) is 6.07 Å². The summed E-state index contributed by atoms with van der Waals surface area (Å²) in [4.78, 5) is 2.96. The standard InChI is InChI=1S/C7H2BrClF5NO/c8-2-1-3(5(10)11)15-6(4(2)9)16-7(12,13)14/h1,5H. The monoisotopic (exact) mass is 325 g/mol. The van der Waals surface area contributed by atoms with E-state index >= 15 is 0 Å². The molecule has 16 heavy (non-hydrogen) atoms. The third-order valence-corrected chi connectivity index (χ3v) is 2.56. The Morgan fingerprint density at radius 3 is 2.38 bits per heavy atom. The lowest BCUT2D eigenvalue weighted by Gasteiger charge is -2.11. The quantitative estimate of drug-likeness (QED) is 0.755. The minimum absolute atomic E-state index is 0.154. The first-order valence-electron chi connectivity index (χ1n) is 3.60. The van der Waals surface area contributed by atoms with Crippen LogP contribution in [0.2, 0.25) is 5.02 Å². The van der Waals surface area contributed by atoms with Crippen molar-refractivity contribution in [1.82, 2.24) is 4.98 Å². The maximum absolute atomic E-state index is 12.2. The molecule has 1 aromatic heterocycles. The van der Waals surface area contributed by atoms with E-state index in [2.05, 4.69) is 25.7 Å². The summed E-state index contributed by atoms with van der Waals surface area (Å²) in [6, 6.07) is 0.816. The van der Waals surface area contributed by atoms with Gasteiger partial charge in [-0.3, -0.25) is 0 Å². The number of rotatable bonds is 2. The van der Waals surface area contributed by atoms with Crippen molar-refractivity contribution in [2.45, 2.75) is 12.8 Å². The van der Waals surface area contributed by atoms with Crippen molar-refractivity contribution in [2.75, 3.05) is 0 Å². The Morgan fingerprint density at radius 1 is 1.38 bits per heavy atom. The molecule has 2 nitrogen and oxygen atoms in total. The summed E-state index contributed by atoms with van der Waals surface area (Å²) in [5, 5.41) is -0.526. The Kier molecular flexibility index (Phi) is 3.95. The number of aromatic nitrogens is 1. The zero-order valence-electron chi connectivity index (χ0n) is 7.16. The first-order chi connectivity index (χ1) is 7.20. The summed E-state index contributed by atoms with van der Waals surface area (Å²) in [6.07, 6.45) is -8.07. The van der Waals surface area contributed by atoms with Gasteiger partial charge in [-0.05, 0) is 22.0 Å². The van der Waals surface area contributed by atoms with Gasteiger partial charge in [0.2, 0.25) is 5.88 Å². The van der Waals surface area contributed by atoms with Crippen LogP contribution in [0, 0.1) is 0 Å². The number of nitrogens with zero attached hydrogens (tertiary/aromatic N) is 1. The lowest BCUT2D eigenvalue weighted by atomic mass is 10.3. The number of ether oxygens (including phenoxy) is 1. The Hall–Kier alpha value is -0.630. The van der Waals surface area contributed by atoms with Crippen LogP contribution in [0.15, 0.2) is 10.5 Å². The SMILES string of the molecule is FC(F)c1cc(Br)c(Cl)c(OC(F)(F)F)n1. The molecule has 0 spiro atoms. The van der Waals surface area contributed by atoms with Gasteiger partial charge in [0.1, 0.15) is 10.7 Å². The van der Waals surface area contributed by atoms with Gasteiger partial charge < -0.3 is 4.74 Å².